The van der Waals surface area contributed by atoms with Gasteiger partial charge in [-0.3, -0.25) is 4.79 Å². The van der Waals surface area contributed by atoms with Crippen LogP contribution in [0.1, 0.15) is 24.2 Å². The molecule has 2 aromatic carbocycles. The molecular weight excluding hydrogens is 355 g/mol. The fraction of sp³-hybridized carbons (Fsp3) is 0.200. The predicted molar refractivity (Wildman–Crippen MR) is 104 cm³/mol. The van der Waals surface area contributed by atoms with Crippen LogP contribution in [0.4, 0.5) is 0 Å². The Hall–Kier alpha value is -2.10. The van der Waals surface area contributed by atoms with Gasteiger partial charge in [0.2, 0.25) is 0 Å². The summed E-state index contributed by atoms with van der Waals surface area (Å²) in [5.41, 5.74) is 2.87. The average Bonchev–Trinajstić information content (AvgIpc) is 2.61. The number of aromatic nitrogens is 1. The van der Waals surface area contributed by atoms with E-state index in [1.54, 1.807) is 18.2 Å². The van der Waals surface area contributed by atoms with Gasteiger partial charge in [0.1, 0.15) is 0 Å². The first-order chi connectivity index (χ1) is 12.0. The lowest BCUT2D eigenvalue weighted by atomic mass is 10.0. The van der Waals surface area contributed by atoms with Gasteiger partial charge in [-0.1, -0.05) is 61.3 Å². The first kappa shape index (κ1) is 17.7. The van der Waals surface area contributed by atoms with Crippen molar-refractivity contribution in [3.8, 4) is 11.3 Å². The zero-order chi connectivity index (χ0) is 18.0. The minimum absolute atomic E-state index is 0.103. The summed E-state index contributed by atoms with van der Waals surface area (Å²) in [5, 5.41) is 4.75. The van der Waals surface area contributed by atoms with E-state index < -0.39 is 0 Å². The summed E-state index contributed by atoms with van der Waals surface area (Å²) in [6.45, 7) is 4.75. The van der Waals surface area contributed by atoms with Gasteiger partial charge < -0.3 is 5.32 Å². The molecule has 0 saturated heterocycles. The van der Waals surface area contributed by atoms with Gasteiger partial charge in [0.05, 0.1) is 26.8 Å². The Morgan fingerprint density at radius 1 is 1.08 bits per heavy atom. The van der Waals surface area contributed by atoms with E-state index in [0.717, 1.165) is 16.5 Å². The number of hydrogen-bond acceptors (Lipinski definition) is 2. The number of amides is 1. The van der Waals surface area contributed by atoms with Crippen molar-refractivity contribution in [3.63, 3.8) is 0 Å². The number of hydrogen-bond donors (Lipinski definition) is 1. The molecule has 0 radical (unpaired) electrons. The molecule has 0 spiro atoms. The molecule has 1 N–H and O–H groups in total. The van der Waals surface area contributed by atoms with Gasteiger partial charge in [-0.05, 0) is 30.2 Å². The lowest BCUT2D eigenvalue weighted by Gasteiger charge is -2.12. The zero-order valence-corrected chi connectivity index (χ0v) is 15.5. The standard InChI is InChI=1S/C20H18Cl2N2O/c1-12(2)11-23-20(25)15-10-19(13-7-8-16(21)17(22)9-13)24-18-6-4-3-5-14(15)18/h3-10,12H,11H2,1-2H3,(H,23,25). The first-order valence-corrected chi connectivity index (χ1v) is 8.84. The molecule has 3 nitrogen and oxygen atoms in total. The van der Waals surface area contributed by atoms with Gasteiger partial charge in [-0.15, -0.1) is 0 Å². The van der Waals surface area contributed by atoms with E-state index in [0.29, 0.717) is 33.8 Å². The molecule has 0 fully saturated rings. The van der Waals surface area contributed by atoms with Crippen molar-refractivity contribution in [1.29, 1.82) is 0 Å². The molecule has 0 aliphatic carbocycles. The minimum atomic E-state index is -0.103. The van der Waals surface area contributed by atoms with Crippen LogP contribution in [0.3, 0.4) is 0 Å². The van der Waals surface area contributed by atoms with Crippen LogP contribution < -0.4 is 5.32 Å². The summed E-state index contributed by atoms with van der Waals surface area (Å²) >= 11 is 12.1. The number of nitrogens with zero attached hydrogens (tertiary/aromatic N) is 1. The number of para-hydroxylation sites is 1. The molecule has 5 heteroatoms. The average molecular weight is 373 g/mol. The molecule has 128 valence electrons. The lowest BCUT2D eigenvalue weighted by Crippen LogP contribution is -2.27. The third-order valence-electron chi connectivity index (χ3n) is 3.85. The number of carbonyl (C=O) groups is 1. The molecule has 1 heterocycles. The highest BCUT2D eigenvalue weighted by molar-refractivity contribution is 6.42. The number of carbonyl (C=O) groups excluding carboxylic acids is 1. The van der Waals surface area contributed by atoms with Crippen molar-refractivity contribution >= 4 is 40.0 Å². The van der Waals surface area contributed by atoms with Gasteiger partial charge in [-0.25, -0.2) is 4.98 Å². The van der Waals surface area contributed by atoms with Crippen LogP contribution in [-0.2, 0) is 0 Å². The Kier molecular flexibility index (Phi) is 5.26. The molecule has 0 aliphatic heterocycles. The zero-order valence-electron chi connectivity index (χ0n) is 14.0. The fourth-order valence-corrected chi connectivity index (χ4v) is 2.86. The van der Waals surface area contributed by atoms with Crippen LogP contribution in [0.2, 0.25) is 10.0 Å². The van der Waals surface area contributed by atoms with Crippen LogP contribution in [-0.4, -0.2) is 17.4 Å². The maximum atomic E-state index is 12.7. The second-order valence-electron chi connectivity index (χ2n) is 6.30. The number of fused-ring (bicyclic) bond motifs is 1. The van der Waals surface area contributed by atoms with E-state index in [2.05, 4.69) is 24.1 Å². The topological polar surface area (TPSA) is 42.0 Å². The molecule has 0 bridgehead atoms. The molecule has 0 saturated carbocycles. The SMILES string of the molecule is CC(C)CNC(=O)c1cc(-c2ccc(Cl)c(Cl)c2)nc2ccccc12. The Bertz CT molecular complexity index is 938. The van der Waals surface area contributed by atoms with Crippen molar-refractivity contribution < 1.29 is 4.79 Å². The van der Waals surface area contributed by atoms with Gasteiger partial charge in [0.15, 0.2) is 0 Å². The normalized spacial score (nSPS) is 11.1. The highest BCUT2D eigenvalue weighted by Crippen LogP contribution is 2.30. The van der Waals surface area contributed by atoms with Gasteiger partial charge in [0.25, 0.3) is 5.91 Å². The second kappa shape index (κ2) is 7.42. The highest BCUT2D eigenvalue weighted by Gasteiger charge is 2.14. The largest absolute Gasteiger partial charge is 0.352 e. The first-order valence-electron chi connectivity index (χ1n) is 8.09. The molecule has 3 aromatic rings. The summed E-state index contributed by atoms with van der Waals surface area (Å²) in [7, 11) is 0. The minimum Gasteiger partial charge on any atom is -0.352 e. The molecule has 0 atom stereocenters. The monoisotopic (exact) mass is 372 g/mol. The van der Waals surface area contributed by atoms with Gasteiger partial charge in [0, 0.05) is 17.5 Å². The summed E-state index contributed by atoms with van der Waals surface area (Å²) in [4.78, 5) is 17.4. The summed E-state index contributed by atoms with van der Waals surface area (Å²) < 4.78 is 0. The van der Waals surface area contributed by atoms with E-state index in [1.807, 2.05) is 30.3 Å². The second-order valence-corrected chi connectivity index (χ2v) is 7.12. The highest BCUT2D eigenvalue weighted by atomic mass is 35.5. The Balaban J connectivity index is 2.11. The van der Waals surface area contributed by atoms with E-state index in [9.17, 15) is 4.79 Å². The molecule has 25 heavy (non-hydrogen) atoms. The number of nitrogens with one attached hydrogen (secondary N) is 1. The van der Waals surface area contributed by atoms with Crippen molar-refractivity contribution in [2.24, 2.45) is 5.92 Å². The summed E-state index contributed by atoms with van der Waals surface area (Å²) in [6.07, 6.45) is 0. The van der Waals surface area contributed by atoms with Gasteiger partial charge >= 0.3 is 0 Å². The van der Waals surface area contributed by atoms with Gasteiger partial charge in [-0.2, -0.15) is 0 Å². The summed E-state index contributed by atoms with van der Waals surface area (Å²) in [6, 6.07) is 14.8. The third-order valence-corrected chi connectivity index (χ3v) is 4.59. The molecule has 3 rings (SSSR count). The third kappa shape index (κ3) is 3.94. The van der Waals surface area contributed by atoms with Crippen LogP contribution in [0.15, 0.2) is 48.5 Å². The van der Waals surface area contributed by atoms with Crippen molar-refractivity contribution in [1.82, 2.24) is 10.3 Å². The Morgan fingerprint density at radius 2 is 1.84 bits per heavy atom. The predicted octanol–water partition coefficient (Wildman–Crippen LogP) is 5.59. The van der Waals surface area contributed by atoms with E-state index in [1.165, 1.54) is 0 Å². The summed E-state index contributed by atoms with van der Waals surface area (Å²) in [5.74, 6) is 0.278. The van der Waals surface area contributed by atoms with Crippen LogP contribution in [0, 0.1) is 5.92 Å². The Morgan fingerprint density at radius 3 is 2.56 bits per heavy atom. The lowest BCUT2D eigenvalue weighted by molar-refractivity contribution is 0.0950. The van der Waals surface area contributed by atoms with E-state index >= 15 is 0 Å². The number of halogens is 2. The molecular formula is C20H18Cl2N2O. The molecule has 1 aromatic heterocycles. The number of rotatable bonds is 4. The van der Waals surface area contributed by atoms with Crippen molar-refractivity contribution in [3.05, 3.63) is 64.1 Å². The van der Waals surface area contributed by atoms with E-state index in [-0.39, 0.29) is 5.91 Å². The quantitative estimate of drug-likeness (QED) is 0.647. The molecule has 0 aliphatic rings. The Labute approximate surface area is 157 Å². The fourth-order valence-electron chi connectivity index (χ4n) is 2.56. The number of pyridine rings is 1. The smallest absolute Gasteiger partial charge is 0.252 e. The van der Waals surface area contributed by atoms with Crippen molar-refractivity contribution in [2.75, 3.05) is 6.54 Å². The molecule has 1 amide bonds. The van der Waals surface area contributed by atoms with Crippen LogP contribution >= 0.6 is 23.2 Å². The molecule has 0 unspecified atom stereocenters. The maximum absolute atomic E-state index is 12.7. The number of benzene rings is 2. The maximum Gasteiger partial charge on any atom is 0.252 e. The van der Waals surface area contributed by atoms with E-state index in [4.69, 9.17) is 23.2 Å². The van der Waals surface area contributed by atoms with Crippen LogP contribution in [0.25, 0.3) is 22.2 Å². The van der Waals surface area contributed by atoms with Crippen molar-refractivity contribution in [2.45, 2.75) is 13.8 Å². The van der Waals surface area contributed by atoms with Crippen LogP contribution in [0.5, 0.6) is 0 Å².